The van der Waals surface area contributed by atoms with Crippen LogP contribution in [0, 0.1) is 6.92 Å². The number of thioether (sulfide) groups is 1. The lowest BCUT2D eigenvalue weighted by Crippen LogP contribution is -2.32. The zero-order valence-corrected chi connectivity index (χ0v) is 13.4. The first kappa shape index (κ1) is 15.5. The van der Waals surface area contributed by atoms with Crippen molar-refractivity contribution in [3.8, 4) is 0 Å². The van der Waals surface area contributed by atoms with Crippen molar-refractivity contribution < 1.29 is 4.79 Å². The molecule has 0 radical (unpaired) electrons. The highest BCUT2D eigenvalue weighted by Crippen LogP contribution is 2.23. The van der Waals surface area contributed by atoms with Gasteiger partial charge in [0.15, 0.2) is 0 Å². The van der Waals surface area contributed by atoms with E-state index in [1.807, 2.05) is 38.1 Å². The van der Waals surface area contributed by atoms with E-state index in [2.05, 4.69) is 16.9 Å². The standard InChI is InChI=1S/C16H19N3OS/c1-4-19(14-9-8-12(3)11-18-14)16(20)15-13(21-5-2)7-6-10-17-15/h6-11H,4-5H2,1-3H3. The van der Waals surface area contributed by atoms with E-state index in [1.54, 1.807) is 29.1 Å². The lowest BCUT2D eigenvalue weighted by Gasteiger charge is -2.20. The van der Waals surface area contributed by atoms with Crippen molar-refractivity contribution in [2.75, 3.05) is 17.2 Å². The molecule has 0 bridgehead atoms. The van der Waals surface area contributed by atoms with Crippen molar-refractivity contribution in [1.29, 1.82) is 0 Å². The molecule has 0 aliphatic heterocycles. The molecule has 21 heavy (non-hydrogen) atoms. The van der Waals surface area contributed by atoms with Gasteiger partial charge in [0.05, 0.1) is 0 Å². The van der Waals surface area contributed by atoms with E-state index in [-0.39, 0.29) is 5.91 Å². The van der Waals surface area contributed by atoms with Crippen LogP contribution >= 0.6 is 11.8 Å². The minimum atomic E-state index is -0.106. The van der Waals surface area contributed by atoms with Crippen LogP contribution in [0.4, 0.5) is 5.82 Å². The van der Waals surface area contributed by atoms with E-state index < -0.39 is 0 Å². The second kappa shape index (κ2) is 7.22. The predicted molar refractivity (Wildman–Crippen MR) is 87.0 cm³/mol. The Hall–Kier alpha value is -1.88. The lowest BCUT2D eigenvalue weighted by molar-refractivity contribution is 0.0979. The third kappa shape index (κ3) is 3.61. The molecule has 0 aliphatic rings. The van der Waals surface area contributed by atoms with Crippen LogP contribution < -0.4 is 4.90 Å². The van der Waals surface area contributed by atoms with Crippen molar-refractivity contribution in [2.24, 2.45) is 0 Å². The van der Waals surface area contributed by atoms with Gasteiger partial charge in [-0.3, -0.25) is 9.69 Å². The number of pyridine rings is 2. The average molecular weight is 301 g/mol. The summed E-state index contributed by atoms with van der Waals surface area (Å²) in [4.78, 5) is 23.9. The number of aryl methyl sites for hydroxylation is 1. The fourth-order valence-electron chi connectivity index (χ4n) is 1.98. The van der Waals surface area contributed by atoms with Crippen molar-refractivity contribution in [2.45, 2.75) is 25.7 Å². The first-order valence-corrected chi connectivity index (χ1v) is 7.98. The van der Waals surface area contributed by atoms with E-state index in [1.165, 1.54) is 0 Å². The molecule has 0 spiro atoms. The lowest BCUT2D eigenvalue weighted by atomic mass is 10.2. The molecule has 0 fully saturated rings. The van der Waals surface area contributed by atoms with Crippen LogP contribution in [0.2, 0.25) is 0 Å². The van der Waals surface area contributed by atoms with Crippen molar-refractivity contribution >= 4 is 23.5 Å². The summed E-state index contributed by atoms with van der Waals surface area (Å²) in [5.74, 6) is 1.46. The Morgan fingerprint density at radius 3 is 2.67 bits per heavy atom. The van der Waals surface area contributed by atoms with Crippen LogP contribution in [0.5, 0.6) is 0 Å². The smallest absolute Gasteiger partial charge is 0.279 e. The Bertz CT molecular complexity index is 613. The number of nitrogens with zero attached hydrogens (tertiary/aromatic N) is 3. The van der Waals surface area contributed by atoms with Crippen LogP contribution in [0.1, 0.15) is 29.9 Å². The number of aromatic nitrogens is 2. The molecule has 0 saturated carbocycles. The van der Waals surface area contributed by atoms with Crippen molar-refractivity contribution in [3.63, 3.8) is 0 Å². The van der Waals surface area contributed by atoms with E-state index >= 15 is 0 Å². The molecule has 4 nitrogen and oxygen atoms in total. The van der Waals surface area contributed by atoms with Gasteiger partial charge in [0.25, 0.3) is 5.91 Å². The number of hydrogen-bond donors (Lipinski definition) is 0. The van der Waals surface area contributed by atoms with E-state index in [0.717, 1.165) is 16.2 Å². The molecular formula is C16H19N3OS. The maximum Gasteiger partial charge on any atom is 0.279 e. The highest BCUT2D eigenvalue weighted by Gasteiger charge is 2.21. The van der Waals surface area contributed by atoms with Crippen LogP contribution in [0.3, 0.4) is 0 Å². The monoisotopic (exact) mass is 301 g/mol. The summed E-state index contributed by atoms with van der Waals surface area (Å²) in [7, 11) is 0. The van der Waals surface area contributed by atoms with Gasteiger partial charge in [-0.1, -0.05) is 13.0 Å². The number of rotatable bonds is 5. The number of carbonyl (C=O) groups is 1. The molecule has 0 unspecified atom stereocenters. The molecule has 0 N–H and O–H groups in total. The van der Waals surface area contributed by atoms with Gasteiger partial charge in [-0.15, -0.1) is 11.8 Å². The molecule has 110 valence electrons. The normalized spacial score (nSPS) is 10.4. The fraction of sp³-hybridized carbons (Fsp3) is 0.312. The maximum atomic E-state index is 12.8. The van der Waals surface area contributed by atoms with Gasteiger partial charge in [-0.25, -0.2) is 9.97 Å². The maximum absolute atomic E-state index is 12.8. The molecule has 0 aliphatic carbocycles. The van der Waals surface area contributed by atoms with Crippen LogP contribution in [-0.4, -0.2) is 28.2 Å². The summed E-state index contributed by atoms with van der Waals surface area (Å²) in [5, 5.41) is 0. The summed E-state index contributed by atoms with van der Waals surface area (Å²) in [5.41, 5.74) is 1.57. The predicted octanol–water partition coefficient (Wildman–Crippen LogP) is 3.56. The minimum absolute atomic E-state index is 0.106. The van der Waals surface area contributed by atoms with E-state index in [0.29, 0.717) is 18.1 Å². The van der Waals surface area contributed by atoms with Crippen molar-refractivity contribution in [1.82, 2.24) is 9.97 Å². The minimum Gasteiger partial charge on any atom is -0.292 e. The summed E-state index contributed by atoms with van der Waals surface area (Å²) in [6, 6.07) is 7.62. The second-order valence-electron chi connectivity index (χ2n) is 4.53. The summed E-state index contributed by atoms with van der Waals surface area (Å²) >= 11 is 1.63. The Morgan fingerprint density at radius 2 is 2.05 bits per heavy atom. The van der Waals surface area contributed by atoms with E-state index in [4.69, 9.17) is 0 Å². The van der Waals surface area contributed by atoms with Crippen LogP contribution in [0.15, 0.2) is 41.6 Å². The molecular weight excluding hydrogens is 282 g/mol. The quantitative estimate of drug-likeness (QED) is 0.792. The number of amides is 1. The SMILES string of the molecule is CCSc1cccnc1C(=O)N(CC)c1ccc(C)cn1. The molecule has 5 heteroatoms. The Labute approximate surface area is 129 Å². The molecule has 2 rings (SSSR count). The van der Waals surface area contributed by atoms with Crippen molar-refractivity contribution in [3.05, 3.63) is 47.9 Å². The summed E-state index contributed by atoms with van der Waals surface area (Å²) < 4.78 is 0. The van der Waals surface area contributed by atoms with Gasteiger partial charge in [0, 0.05) is 23.8 Å². The topological polar surface area (TPSA) is 46.1 Å². The molecule has 1 amide bonds. The van der Waals surface area contributed by atoms with Crippen LogP contribution in [0.25, 0.3) is 0 Å². The largest absolute Gasteiger partial charge is 0.292 e. The van der Waals surface area contributed by atoms with Gasteiger partial charge in [-0.2, -0.15) is 0 Å². The summed E-state index contributed by atoms with van der Waals surface area (Å²) in [6.07, 6.45) is 3.43. The Kier molecular flexibility index (Phi) is 5.33. The number of hydrogen-bond acceptors (Lipinski definition) is 4. The second-order valence-corrected chi connectivity index (χ2v) is 5.83. The first-order chi connectivity index (χ1) is 10.2. The Morgan fingerprint density at radius 1 is 1.24 bits per heavy atom. The molecule has 2 aromatic heterocycles. The molecule has 2 heterocycles. The third-order valence-electron chi connectivity index (χ3n) is 3.01. The zero-order chi connectivity index (χ0) is 15.2. The van der Waals surface area contributed by atoms with Gasteiger partial charge in [0.2, 0.25) is 0 Å². The first-order valence-electron chi connectivity index (χ1n) is 6.99. The highest BCUT2D eigenvalue weighted by atomic mass is 32.2. The molecule has 0 aromatic carbocycles. The average Bonchev–Trinajstić information content (AvgIpc) is 2.50. The Balaban J connectivity index is 2.34. The van der Waals surface area contributed by atoms with Crippen LogP contribution in [-0.2, 0) is 0 Å². The molecule has 0 atom stereocenters. The van der Waals surface area contributed by atoms with Gasteiger partial charge in [0.1, 0.15) is 11.5 Å². The molecule has 2 aromatic rings. The van der Waals surface area contributed by atoms with Gasteiger partial charge >= 0.3 is 0 Å². The van der Waals surface area contributed by atoms with Gasteiger partial charge in [-0.05, 0) is 43.4 Å². The van der Waals surface area contributed by atoms with Gasteiger partial charge < -0.3 is 0 Å². The number of anilines is 1. The fourth-order valence-corrected chi connectivity index (χ4v) is 2.74. The zero-order valence-electron chi connectivity index (χ0n) is 12.5. The summed E-state index contributed by atoms with van der Waals surface area (Å²) in [6.45, 7) is 6.53. The van der Waals surface area contributed by atoms with E-state index in [9.17, 15) is 4.79 Å². The third-order valence-corrected chi connectivity index (χ3v) is 3.94. The number of carbonyl (C=O) groups excluding carboxylic acids is 1. The highest BCUT2D eigenvalue weighted by molar-refractivity contribution is 7.99. The molecule has 0 saturated heterocycles.